The molecule has 2 aliphatic heterocycles. The smallest absolute Gasteiger partial charge is 0.132 e. The van der Waals surface area contributed by atoms with Crippen molar-refractivity contribution < 1.29 is 9.84 Å². The molecule has 0 aromatic rings. The molecule has 22 heavy (non-hydrogen) atoms. The predicted molar refractivity (Wildman–Crippen MR) is 87.8 cm³/mol. The standard InChI is InChI=1S/C16H28ClN3O2/c1-3-22-14-10(5-7-13(17)20-14)16(21)11-8-9(2)4-6-12(11)19-15(16)18/h9-14,20-21H,3-8H2,1-2H3,(H2,18,19). The molecule has 0 aromatic carbocycles. The highest BCUT2D eigenvalue weighted by atomic mass is 35.5. The lowest BCUT2D eigenvalue weighted by molar-refractivity contribution is -0.116. The van der Waals surface area contributed by atoms with Gasteiger partial charge < -0.3 is 15.6 Å². The number of nitrogens with two attached hydrogens (primary N) is 1. The average molecular weight is 330 g/mol. The number of nitrogens with zero attached hydrogens (tertiary/aromatic N) is 1. The van der Waals surface area contributed by atoms with Crippen molar-refractivity contribution >= 4 is 17.4 Å². The number of amidine groups is 1. The van der Waals surface area contributed by atoms with E-state index >= 15 is 0 Å². The molecule has 4 N–H and O–H groups in total. The van der Waals surface area contributed by atoms with Crippen LogP contribution in [0.15, 0.2) is 4.99 Å². The monoisotopic (exact) mass is 329 g/mol. The van der Waals surface area contributed by atoms with Crippen molar-refractivity contribution in [1.29, 1.82) is 0 Å². The van der Waals surface area contributed by atoms with E-state index in [0.717, 1.165) is 32.1 Å². The van der Waals surface area contributed by atoms with E-state index in [0.29, 0.717) is 18.4 Å². The Morgan fingerprint density at radius 2 is 2.14 bits per heavy atom. The SMILES string of the molecule is CCOC1NC(Cl)CCC1C1(O)C(N)=NC2CCC(C)CC21. The summed E-state index contributed by atoms with van der Waals surface area (Å²) in [6.07, 6.45) is 4.50. The lowest BCUT2D eigenvalue weighted by Crippen LogP contribution is -2.63. The van der Waals surface area contributed by atoms with Gasteiger partial charge in [0.2, 0.25) is 0 Å². The van der Waals surface area contributed by atoms with Crippen LogP contribution in [0.1, 0.15) is 46.0 Å². The molecule has 7 unspecified atom stereocenters. The molecule has 1 aliphatic carbocycles. The minimum Gasteiger partial charge on any atom is -0.385 e. The molecule has 0 amide bonds. The van der Waals surface area contributed by atoms with E-state index in [9.17, 15) is 5.11 Å². The summed E-state index contributed by atoms with van der Waals surface area (Å²) < 4.78 is 5.83. The maximum Gasteiger partial charge on any atom is 0.132 e. The molecular weight excluding hydrogens is 302 g/mol. The van der Waals surface area contributed by atoms with Crippen molar-refractivity contribution in [3.63, 3.8) is 0 Å². The molecule has 6 heteroatoms. The topological polar surface area (TPSA) is 79.9 Å². The van der Waals surface area contributed by atoms with Gasteiger partial charge in [0.15, 0.2) is 0 Å². The number of piperidine rings is 1. The first-order chi connectivity index (χ1) is 10.5. The lowest BCUT2D eigenvalue weighted by Gasteiger charge is -2.47. The van der Waals surface area contributed by atoms with E-state index in [1.54, 1.807) is 0 Å². The number of aliphatic hydroxyl groups is 1. The van der Waals surface area contributed by atoms with Gasteiger partial charge in [-0.25, -0.2) is 0 Å². The Labute approximate surface area is 137 Å². The predicted octanol–water partition coefficient (Wildman–Crippen LogP) is 1.82. The van der Waals surface area contributed by atoms with Crippen LogP contribution in [0.25, 0.3) is 0 Å². The van der Waals surface area contributed by atoms with E-state index < -0.39 is 5.60 Å². The number of nitrogens with one attached hydrogen (secondary N) is 1. The number of rotatable bonds is 3. The van der Waals surface area contributed by atoms with Crippen LogP contribution < -0.4 is 11.1 Å². The number of alkyl halides is 1. The third-order valence-electron chi connectivity index (χ3n) is 5.71. The number of ether oxygens (including phenoxy) is 1. The van der Waals surface area contributed by atoms with Gasteiger partial charge in [0.05, 0.1) is 11.5 Å². The van der Waals surface area contributed by atoms with Gasteiger partial charge >= 0.3 is 0 Å². The lowest BCUT2D eigenvalue weighted by atomic mass is 9.65. The Morgan fingerprint density at radius 3 is 2.86 bits per heavy atom. The first-order valence-electron chi connectivity index (χ1n) is 8.54. The van der Waals surface area contributed by atoms with Crippen molar-refractivity contribution in [3.8, 4) is 0 Å². The van der Waals surface area contributed by atoms with E-state index in [-0.39, 0.29) is 29.6 Å². The Hall–Kier alpha value is -0.360. The zero-order chi connectivity index (χ0) is 15.9. The fourth-order valence-corrected chi connectivity index (χ4v) is 4.83. The molecule has 3 rings (SSSR count). The zero-order valence-electron chi connectivity index (χ0n) is 13.5. The molecule has 0 radical (unpaired) electrons. The van der Waals surface area contributed by atoms with Crippen molar-refractivity contribution in [2.75, 3.05) is 6.61 Å². The van der Waals surface area contributed by atoms with Crippen LogP contribution in [0.3, 0.4) is 0 Å². The van der Waals surface area contributed by atoms with Crippen LogP contribution in [0.5, 0.6) is 0 Å². The summed E-state index contributed by atoms with van der Waals surface area (Å²) in [6.45, 7) is 4.78. The second-order valence-corrected chi connectivity index (χ2v) is 7.65. The van der Waals surface area contributed by atoms with Gasteiger partial charge in [-0.05, 0) is 44.9 Å². The van der Waals surface area contributed by atoms with Crippen LogP contribution in [-0.2, 0) is 4.74 Å². The summed E-state index contributed by atoms with van der Waals surface area (Å²) in [5.41, 5.74) is 5.05. The normalized spacial score (nSPS) is 48.8. The molecule has 0 aromatic heterocycles. The molecule has 1 saturated heterocycles. The molecule has 5 nitrogen and oxygen atoms in total. The highest BCUT2D eigenvalue weighted by Crippen LogP contribution is 2.48. The molecule has 7 atom stereocenters. The third kappa shape index (κ3) is 2.66. The largest absolute Gasteiger partial charge is 0.385 e. The Morgan fingerprint density at radius 1 is 1.36 bits per heavy atom. The summed E-state index contributed by atoms with van der Waals surface area (Å²) in [5.74, 6) is 1.03. The summed E-state index contributed by atoms with van der Waals surface area (Å²) in [7, 11) is 0. The highest BCUT2D eigenvalue weighted by molar-refractivity contribution is 6.20. The Kier molecular flexibility index (Phi) is 4.70. The zero-order valence-corrected chi connectivity index (χ0v) is 14.2. The van der Waals surface area contributed by atoms with Crippen molar-refractivity contribution in [2.24, 2.45) is 28.5 Å². The summed E-state index contributed by atoms with van der Waals surface area (Å²) >= 11 is 6.23. The van der Waals surface area contributed by atoms with Crippen LogP contribution in [0, 0.1) is 17.8 Å². The summed E-state index contributed by atoms with van der Waals surface area (Å²) in [5, 5.41) is 14.8. The highest BCUT2D eigenvalue weighted by Gasteiger charge is 2.58. The van der Waals surface area contributed by atoms with E-state index in [1.165, 1.54) is 0 Å². The van der Waals surface area contributed by atoms with Gasteiger partial charge in [0.25, 0.3) is 0 Å². The van der Waals surface area contributed by atoms with Gasteiger partial charge in [-0.2, -0.15) is 0 Å². The minimum atomic E-state index is -1.07. The number of hydrogen-bond acceptors (Lipinski definition) is 5. The van der Waals surface area contributed by atoms with Crippen molar-refractivity contribution in [1.82, 2.24) is 5.32 Å². The molecule has 0 bridgehead atoms. The maximum atomic E-state index is 11.6. The summed E-state index contributed by atoms with van der Waals surface area (Å²) in [4.78, 5) is 4.62. The third-order valence-corrected chi connectivity index (χ3v) is 6.05. The van der Waals surface area contributed by atoms with Crippen LogP contribution >= 0.6 is 11.6 Å². The van der Waals surface area contributed by atoms with Crippen LogP contribution in [0.2, 0.25) is 0 Å². The number of aliphatic imine (C=N–C) groups is 1. The van der Waals surface area contributed by atoms with Gasteiger partial charge in [-0.15, -0.1) is 11.6 Å². The molecule has 0 spiro atoms. The second kappa shape index (κ2) is 6.27. The maximum absolute atomic E-state index is 11.6. The molecular formula is C16H28ClN3O2. The fourth-order valence-electron chi connectivity index (χ4n) is 4.58. The van der Waals surface area contributed by atoms with Gasteiger partial charge in [0.1, 0.15) is 17.7 Å². The molecule has 126 valence electrons. The first kappa shape index (κ1) is 16.5. The van der Waals surface area contributed by atoms with Gasteiger partial charge in [-0.3, -0.25) is 10.3 Å². The fraction of sp³-hybridized carbons (Fsp3) is 0.938. The number of fused-ring (bicyclic) bond motifs is 1. The van der Waals surface area contributed by atoms with Gasteiger partial charge in [0, 0.05) is 18.4 Å². The van der Waals surface area contributed by atoms with Gasteiger partial charge in [-0.1, -0.05) is 6.92 Å². The van der Waals surface area contributed by atoms with Crippen LogP contribution in [0.4, 0.5) is 0 Å². The number of hydrogen-bond donors (Lipinski definition) is 3. The minimum absolute atomic E-state index is 0.0912. The van der Waals surface area contributed by atoms with Crippen LogP contribution in [-0.4, -0.2) is 40.9 Å². The molecule has 3 aliphatic rings. The molecule has 2 fully saturated rings. The first-order valence-corrected chi connectivity index (χ1v) is 8.98. The molecule has 1 saturated carbocycles. The quantitative estimate of drug-likeness (QED) is 0.545. The Bertz CT molecular complexity index is 447. The Balaban J connectivity index is 1.88. The van der Waals surface area contributed by atoms with E-state index in [2.05, 4.69) is 17.2 Å². The molecule has 2 heterocycles. The second-order valence-electron chi connectivity index (χ2n) is 7.13. The van der Waals surface area contributed by atoms with E-state index in [4.69, 9.17) is 22.1 Å². The van der Waals surface area contributed by atoms with Crippen molar-refractivity contribution in [2.45, 2.75) is 69.3 Å². The van der Waals surface area contributed by atoms with Crippen molar-refractivity contribution in [3.05, 3.63) is 0 Å². The number of halogens is 1. The average Bonchev–Trinajstić information content (AvgIpc) is 2.72. The summed E-state index contributed by atoms with van der Waals surface area (Å²) in [6, 6.07) is 0.164. The van der Waals surface area contributed by atoms with E-state index in [1.807, 2.05) is 6.92 Å².